The molecule has 1 atom stereocenters. The van der Waals surface area contributed by atoms with Crippen LogP contribution >= 0.6 is 0 Å². The van der Waals surface area contributed by atoms with Crippen molar-refractivity contribution in [1.82, 2.24) is 4.90 Å². The number of aliphatic hydroxyl groups is 1. The zero-order chi connectivity index (χ0) is 11.5. The van der Waals surface area contributed by atoms with Gasteiger partial charge in [0.1, 0.15) is 0 Å². The van der Waals surface area contributed by atoms with Crippen molar-refractivity contribution >= 4 is 0 Å². The molecule has 1 aliphatic rings. The molecular weight excluding hydrogens is 200 g/mol. The number of nitrogens with zero attached hydrogens (tertiary/aromatic N) is 1. The van der Waals surface area contributed by atoms with Crippen molar-refractivity contribution in [2.75, 3.05) is 20.2 Å². The highest BCUT2D eigenvalue weighted by Crippen LogP contribution is 2.26. The van der Waals surface area contributed by atoms with Crippen molar-refractivity contribution in [3.63, 3.8) is 0 Å². The fourth-order valence-corrected chi connectivity index (χ4v) is 2.38. The Kier molecular flexibility index (Phi) is 3.59. The molecule has 2 rings (SSSR count). The van der Waals surface area contributed by atoms with Crippen LogP contribution in [0.25, 0.3) is 0 Å². The first-order chi connectivity index (χ1) is 7.72. The summed E-state index contributed by atoms with van der Waals surface area (Å²) in [6, 6.07) is 6.33. The number of likely N-dealkylation sites (N-methyl/N-ethyl adjacent to an activating group) is 1. The summed E-state index contributed by atoms with van der Waals surface area (Å²) in [5, 5.41) is 8.96. The maximum Gasteiger partial charge on any atom is 0.0449 e. The number of benzene rings is 1. The van der Waals surface area contributed by atoms with Gasteiger partial charge in [-0.1, -0.05) is 18.2 Å². The molecule has 0 saturated carbocycles. The molecule has 1 aromatic rings. The van der Waals surface area contributed by atoms with Gasteiger partial charge >= 0.3 is 0 Å². The Bertz CT molecular complexity index is 365. The van der Waals surface area contributed by atoms with E-state index < -0.39 is 0 Å². The summed E-state index contributed by atoms with van der Waals surface area (Å²) in [5.74, 6) is 0. The van der Waals surface area contributed by atoms with Crippen molar-refractivity contribution in [3.05, 3.63) is 34.9 Å². The van der Waals surface area contributed by atoms with Crippen molar-refractivity contribution in [1.29, 1.82) is 0 Å². The molecule has 0 aliphatic carbocycles. The Morgan fingerprint density at radius 2 is 2.31 bits per heavy atom. The summed E-state index contributed by atoms with van der Waals surface area (Å²) in [6.45, 7) is 2.25. The standard InChI is InChI=1S/C13H20N2O/c1-15-7-5-10-3-2-4-11(12(10)9-15)13(14)6-8-16/h2-4,13,16H,5-9,14H2,1H3. The average Bonchev–Trinajstić information content (AvgIpc) is 2.28. The van der Waals surface area contributed by atoms with E-state index in [9.17, 15) is 0 Å². The van der Waals surface area contributed by atoms with Crippen LogP contribution in [-0.4, -0.2) is 30.2 Å². The van der Waals surface area contributed by atoms with Crippen LogP contribution in [0.3, 0.4) is 0 Å². The predicted molar refractivity (Wildman–Crippen MR) is 65.1 cm³/mol. The normalized spacial score (nSPS) is 18.2. The fourth-order valence-electron chi connectivity index (χ4n) is 2.38. The quantitative estimate of drug-likeness (QED) is 0.800. The highest BCUT2D eigenvalue weighted by molar-refractivity contribution is 5.38. The Balaban J connectivity index is 2.31. The SMILES string of the molecule is CN1CCc2cccc(C(N)CCO)c2C1. The lowest BCUT2D eigenvalue weighted by Crippen LogP contribution is -2.28. The molecular formula is C13H20N2O. The number of hydrogen-bond donors (Lipinski definition) is 2. The molecule has 1 heterocycles. The van der Waals surface area contributed by atoms with Crippen molar-refractivity contribution < 1.29 is 5.11 Å². The third-order valence-electron chi connectivity index (χ3n) is 3.34. The van der Waals surface area contributed by atoms with Crippen LogP contribution in [0.15, 0.2) is 18.2 Å². The molecule has 0 radical (unpaired) electrons. The minimum Gasteiger partial charge on any atom is -0.396 e. The molecule has 3 heteroatoms. The van der Waals surface area contributed by atoms with Gasteiger partial charge in [0, 0.05) is 25.7 Å². The second-order valence-corrected chi connectivity index (χ2v) is 4.59. The van der Waals surface area contributed by atoms with E-state index in [2.05, 4.69) is 30.1 Å². The highest BCUT2D eigenvalue weighted by Gasteiger charge is 2.18. The second-order valence-electron chi connectivity index (χ2n) is 4.59. The van der Waals surface area contributed by atoms with E-state index in [1.807, 2.05) is 0 Å². The minimum atomic E-state index is -0.0357. The van der Waals surface area contributed by atoms with Crippen LogP contribution in [0.1, 0.15) is 29.2 Å². The van der Waals surface area contributed by atoms with Crippen LogP contribution in [0, 0.1) is 0 Å². The molecule has 0 aromatic heterocycles. The lowest BCUT2D eigenvalue weighted by atomic mass is 9.91. The fraction of sp³-hybridized carbons (Fsp3) is 0.538. The molecule has 1 aliphatic heterocycles. The van der Waals surface area contributed by atoms with Gasteiger partial charge in [0.15, 0.2) is 0 Å². The Morgan fingerprint density at radius 1 is 1.50 bits per heavy atom. The third-order valence-corrected chi connectivity index (χ3v) is 3.34. The van der Waals surface area contributed by atoms with E-state index in [0.717, 1.165) is 19.5 Å². The molecule has 0 fully saturated rings. The van der Waals surface area contributed by atoms with Crippen LogP contribution in [0.2, 0.25) is 0 Å². The van der Waals surface area contributed by atoms with Gasteiger partial charge in [0.2, 0.25) is 0 Å². The summed E-state index contributed by atoms with van der Waals surface area (Å²) in [7, 11) is 2.14. The maximum atomic E-state index is 8.96. The highest BCUT2D eigenvalue weighted by atomic mass is 16.3. The van der Waals surface area contributed by atoms with Gasteiger partial charge in [-0.15, -0.1) is 0 Å². The van der Waals surface area contributed by atoms with Crippen molar-refractivity contribution in [3.8, 4) is 0 Å². The van der Waals surface area contributed by atoms with E-state index in [1.54, 1.807) is 0 Å². The number of nitrogens with two attached hydrogens (primary N) is 1. The van der Waals surface area contributed by atoms with E-state index in [1.165, 1.54) is 16.7 Å². The van der Waals surface area contributed by atoms with Crippen molar-refractivity contribution in [2.24, 2.45) is 5.73 Å². The molecule has 1 aromatic carbocycles. The monoisotopic (exact) mass is 220 g/mol. The third kappa shape index (κ3) is 2.26. The predicted octanol–water partition coefficient (Wildman–Crippen LogP) is 1.06. The molecule has 88 valence electrons. The lowest BCUT2D eigenvalue weighted by molar-refractivity contribution is 0.274. The summed E-state index contributed by atoms with van der Waals surface area (Å²) >= 11 is 0. The first kappa shape index (κ1) is 11.6. The first-order valence-corrected chi connectivity index (χ1v) is 5.88. The van der Waals surface area contributed by atoms with E-state index >= 15 is 0 Å². The minimum absolute atomic E-state index is 0.0357. The molecule has 16 heavy (non-hydrogen) atoms. The topological polar surface area (TPSA) is 49.5 Å². The van der Waals surface area contributed by atoms with Crippen LogP contribution in [-0.2, 0) is 13.0 Å². The van der Waals surface area contributed by atoms with Crippen molar-refractivity contribution in [2.45, 2.75) is 25.4 Å². The lowest BCUT2D eigenvalue weighted by Gasteiger charge is -2.28. The number of hydrogen-bond acceptors (Lipinski definition) is 3. The molecule has 0 saturated heterocycles. The summed E-state index contributed by atoms with van der Waals surface area (Å²) < 4.78 is 0. The Morgan fingerprint density at radius 3 is 3.06 bits per heavy atom. The van der Waals surface area contributed by atoms with Gasteiger partial charge in [-0.05, 0) is 36.6 Å². The van der Waals surface area contributed by atoms with Gasteiger partial charge < -0.3 is 15.7 Å². The smallest absolute Gasteiger partial charge is 0.0449 e. The number of fused-ring (bicyclic) bond motifs is 1. The van der Waals surface area contributed by atoms with Gasteiger partial charge in [0.25, 0.3) is 0 Å². The summed E-state index contributed by atoms with van der Waals surface area (Å²) in [4.78, 5) is 2.32. The summed E-state index contributed by atoms with van der Waals surface area (Å²) in [5.41, 5.74) is 10.1. The van der Waals surface area contributed by atoms with Gasteiger partial charge in [-0.3, -0.25) is 0 Å². The summed E-state index contributed by atoms with van der Waals surface area (Å²) in [6.07, 6.45) is 1.74. The number of aliphatic hydroxyl groups excluding tert-OH is 1. The van der Waals surface area contributed by atoms with Crippen LogP contribution in [0.4, 0.5) is 0 Å². The number of rotatable bonds is 3. The van der Waals surface area contributed by atoms with Crippen LogP contribution < -0.4 is 5.73 Å². The van der Waals surface area contributed by atoms with E-state index in [0.29, 0.717) is 6.42 Å². The molecule has 3 N–H and O–H groups in total. The zero-order valence-electron chi connectivity index (χ0n) is 9.82. The molecule has 3 nitrogen and oxygen atoms in total. The second kappa shape index (κ2) is 4.95. The Labute approximate surface area is 96.9 Å². The average molecular weight is 220 g/mol. The van der Waals surface area contributed by atoms with Crippen LogP contribution in [0.5, 0.6) is 0 Å². The van der Waals surface area contributed by atoms with E-state index in [-0.39, 0.29) is 12.6 Å². The van der Waals surface area contributed by atoms with Gasteiger partial charge in [0.05, 0.1) is 0 Å². The van der Waals surface area contributed by atoms with E-state index in [4.69, 9.17) is 10.8 Å². The Hall–Kier alpha value is -0.900. The first-order valence-electron chi connectivity index (χ1n) is 5.88. The maximum absolute atomic E-state index is 8.96. The zero-order valence-corrected chi connectivity index (χ0v) is 9.82. The molecule has 1 unspecified atom stereocenters. The molecule has 0 spiro atoms. The molecule has 0 amide bonds. The van der Waals surface area contributed by atoms with Gasteiger partial charge in [-0.25, -0.2) is 0 Å². The molecule has 0 bridgehead atoms. The van der Waals surface area contributed by atoms with Gasteiger partial charge in [-0.2, -0.15) is 0 Å². The largest absolute Gasteiger partial charge is 0.396 e.